The molecule has 2 aromatic rings. The fraction of sp³-hybridized carbons (Fsp3) is 0.556. The maximum Gasteiger partial charge on any atom is 0.119 e. The van der Waals surface area contributed by atoms with Crippen molar-refractivity contribution in [2.75, 3.05) is 46.5 Å². The number of hydrogen-bond donors (Lipinski definition) is 0. The minimum Gasteiger partial charge on any atom is -0.494 e. The summed E-state index contributed by atoms with van der Waals surface area (Å²) in [6.07, 6.45) is 5.09. The molecular formula is C27H38N2O2. The van der Waals surface area contributed by atoms with Gasteiger partial charge >= 0.3 is 0 Å². The Balaban J connectivity index is 1.36. The van der Waals surface area contributed by atoms with E-state index in [4.69, 9.17) is 9.47 Å². The van der Waals surface area contributed by atoms with Crippen molar-refractivity contribution in [1.29, 1.82) is 0 Å². The topological polar surface area (TPSA) is 24.9 Å². The molecule has 2 aromatic carbocycles. The van der Waals surface area contributed by atoms with Crippen LogP contribution in [0.4, 0.5) is 0 Å². The lowest BCUT2D eigenvalue weighted by molar-refractivity contribution is 0.0843. The molecule has 2 aliphatic rings. The van der Waals surface area contributed by atoms with Gasteiger partial charge in [-0.3, -0.25) is 9.80 Å². The predicted octanol–water partition coefficient (Wildman–Crippen LogP) is 4.41. The third kappa shape index (κ3) is 6.09. The van der Waals surface area contributed by atoms with Crippen LogP contribution in [0.2, 0.25) is 0 Å². The van der Waals surface area contributed by atoms with Crippen molar-refractivity contribution in [1.82, 2.24) is 9.80 Å². The molecule has 1 aliphatic heterocycles. The third-order valence-electron chi connectivity index (χ3n) is 6.84. The molecule has 0 aromatic heterocycles. The van der Waals surface area contributed by atoms with E-state index < -0.39 is 0 Å². The molecular weight excluding hydrogens is 384 g/mol. The summed E-state index contributed by atoms with van der Waals surface area (Å²) in [5.74, 6) is 1.70. The molecule has 4 heteroatoms. The predicted molar refractivity (Wildman–Crippen MR) is 127 cm³/mol. The van der Waals surface area contributed by atoms with Gasteiger partial charge in [0.25, 0.3) is 0 Å². The first-order chi connectivity index (χ1) is 15.2. The van der Waals surface area contributed by atoms with Gasteiger partial charge in [0.15, 0.2) is 0 Å². The van der Waals surface area contributed by atoms with Crippen LogP contribution in [-0.2, 0) is 24.1 Å². The summed E-state index contributed by atoms with van der Waals surface area (Å²) >= 11 is 0. The van der Waals surface area contributed by atoms with Crippen molar-refractivity contribution in [2.45, 2.75) is 45.2 Å². The Bertz CT molecular complexity index is 799. The fourth-order valence-corrected chi connectivity index (χ4v) is 5.35. The molecule has 0 bridgehead atoms. The van der Waals surface area contributed by atoms with Gasteiger partial charge in [-0.25, -0.2) is 0 Å². The van der Waals surface area contributed by atoms with E-state index in [1.807, 2.05) is 13.0 Å². The minimum atomic E-state index is 0.690. The summed E-state index contributed by atoms with van der Waals surface area (Å²) in [5, 5.41) is 0. The Morgan fingerprint density at radius 3 is 2.61 bits per heavy atom. The highest BCUT2D eigenvalue weighted by molar-refractivity contribution is 5.33. The van der Waals surface area contributed by atoms with Crippen molar-refractivity contribution in [3.05, 3.63) is 65.2 Å². The van der Waals surface area contributed by atoms with E-state index in [0.717, 1.165) is 37.9 Å². The molecule has 1 heterocycles. The minimum absolute atomic E-state index is 0.690. The maximum absolute atomic E-state index is 5.71. The number of piperidine rings is 1. The number of likely N-dealkylation sites (tertiary alicyclic amines) is 1. The molecule has 0 radical (unpaired) electrons. The van der Waals surface area contributed by atoms with Gasteiger partial charge in [0, 0.05) is 39.3 Å². The lowest BCUT2D eigenvalue weighted by Gasteiger charge is -2.38. The van der Waals surface area contributed by atoms with Crippen LogP contribution in [0.1, 0.15) is 36.5 Å². The number of hydrogen-bond acceptors (Lipinski definition) is 4. The monoisotopic (exact) mass is 422 g/mol. The summed E-state index contributed by atoms with van der Waals surface area (Å²) in [4.78, 5) is 5.35. The highest BCUT2D eigenvalue weighted by Crippen LogP contribution is 2.29. The first kappa shape index (κ1) is 22.3. The van der Waals surface area contributed by atoms with Crippen LogP contribution in [-0.4, -0.2) is 62.3 Å². The molecule has 0 amide bonds. The number of methoxy groups -OCH3 is 1. The van der Waals surface area contributed by atoms with Gasteiger partial charge in [-0.1, -0.05) is 36.4 Å². The lowest BCUT2D eigenvalue weighted by Crippen LogP contribution is -2.46. The van der Waals surface area contributed by atoms with E-state index in [9.17, 15) is 0 Å². The van der Waals surface area contributed by atoms with Crippen molar-refractivity contribution in [3.63, 3.8) is 0 Å². The molecule has 1 fully saturated rings. The van der Waals surface area contributed by atoms with Crippen LogP contribution in [0.3, 0.4) is 0 Å². The van der Waals surface area contributed by atoms with Crippen molar-refractivity contribution < 1.29 is 9.47 Å². The molecule has 4 nitrogen and oxygen atoms in total. The second-order valence-corrected chi connectivity index (χ2v) is 9.14. The Morgan fingerprint density at radius 2 is 1.87 bits per heavy atom. The molecule has 4 rings (SSSR count). The van der Waals surface area contributed by atoms with Crippen molar-refractivity contribution in [3.8, 4) is 5.75 Å². The second-order valence-electron chi connectivity index (χ2n) is 9.14. The SMILES string of the molecule is CCOc1cccc(CN(CCOC)CC2CCCN(C3Cc4ccccc4C3)C2)c1. The number of nitrogens with zero attached hydrogens (tertiary/aromatic N) is 2. The normalized spacial score (nSPS) is 19.6. The van der Waals surface area contributed by atoms with E-state index >= 15 is 0 Å². The van der Waals surface area contributed by atoms with E-state index in [2.05, 4.69) is 52.3 Å². The molecule has 31 heavy (non-hydrogen) atoms. The maximum atomic E-state index is 5.71. The summed E-state index contributed by atoms with van der Waals surface area (Å²) in [6, 6.07) is 18.3. The summed E-state index contributed by atoms with van der Waals surface area (Å²) in [6.45, 7) is 9.06. The van der Waals surface area contributed by atoms with E-state index in [-0.39, 0.29) is 0 Å². The molecule has 168 valence electrons. The second kappa shape index (κ2) is 11.1. The molecule has 1 atom stereocenters. The van der Waals surface area contributed by atoms with Crippen LogP contribution >= 0.6 is 0 Å². The largest absolute Gasteiger partial charge is 0.494 e. The number of benzene rings is 2. The Labute approximate surface area is 188 Å². The molecule has 1 unspecified atom stereocenters. The van der Waals surface area contributed by atoms with Crippen LogP contribution in [0.5, 0.6) is 5.75 Å². The Morgan fingerprint density at radius 1 is 1.06 bits per heavy atom. The highest BCUT2D eigenvalue weighted by atomic mass is 16.5. The zero-order valence-electron chi connectivity index (χ0n) is 19.3. The van der Waals surface area contributed by atoms with E-state index in [1.165, 1.54) is 44.3 Å². The standard InChI is InChI=1S/C27H38N2O2/c1-3-31-27-12-6-8-22(16-27)19-28(14-15-30-2)20-23-9-7-13-29(21-23)26-17-24-10-4-5-11-25(24)18-26/h4-6,8,10-12,16,23,26H,3,7,9,13-15,17-21H2,1-2H3. The van der Waals surface area contributed by atoms with Crippen LogP contribution in [0.15, 0.2) is 48.5 Å². The van der Waals surface area contributed by atoms with E-state index in [0.29, 0.717) is 12.6 Å². The highest BCUT2D eigenvalue weighted by Gasteiger charge is 2.31. The zero-order valence-corrected chi connectivity index (χ0v) is 19.3. The Hall–Kier alpha value is -1.88. The van der Waals surface area contributed by atoms with Gasteiger partial charge in [-0.05, 0) is 73.9 Å². The van der Waals surface area contributed by atoms with Gasteiger partial charge < -0.3 is 9.47 Å². The first-order valence-corrected chi connectivity index (χ1v) is 12.0. The zero-order chi connectivity index (χ0) is 21.5. The number of fused-ring (bicyclic) bond motifs is 1. The first-order valence-electron chi connectivity index (χ1n) is 12.0. The lowest BCUT2D eigenvalue weighted by atomic mass is 9.95. The molecule has 1 saturated heterocycles. The third-order valence-corrected chi connectivity index (χ3v) is 6.84. The smallest absolute Gasteiger partial charge is 0.119 e. The van der Waals surface area contributed by atoms with Gasteiger partial charge in [0.1, 0.15) is 5.75 Å². The fourth-order valence-electron chi connectivity index (χ4n) is 5.35. The average molecular weight is 423 g/mol. The van der Waals surface area contributed by atoms with Gasteiger partial charge in [-0.15, -0.1) is 0 Å². The van der Waals surface area contributed by atoms with Gasteiger partial charge in [-0.2, -0.15) is 0 Å². The van der Waals surface area contributed by atoms with Crippen LogP contribution in [0, 0.1) is 5.92 Å². The van der Waals surface area contributed by atoms with Gasteiger partial charge in [0.2, 0.25) is 0 Å². The average Bonchev–Trinajstić information content (AvgIpc) is 3.23. The van der Waals surface area contributed by atoms with Crippen LogP contribution in [0.25, 0.3) is 0 Å². The van der Waals surface area contributed by atoms with Crippen molar-refractivity contribution in [2.24, 2.45) is 5.92 Å². The summed E-state index contributed by atoms with van der Waals surface area (Å²) < 4.78 is 11.1. The Kier molecular flexibility index (Phi) is 8.01. The molecule has 0 saturated carbocycles. The summed E-state index contributed by atoms with van der Waals surface area (Å²) in [7, 11) is 1.80. The van der Waals surface area contributed by atoms with Crippen LogP contribution < -0.4 is 4.74 Å². The molecule has 0 N–H and O–H groups in total. The van der Waals surface area contributed by atoms with Gasteiger partial charge in [0.05, 0.1) is 13.2 Å². The van der Waals surface area contributed by atoms with Crippen molar-refractivity contribution >= 4 is 0 Å². The quantitative estimate of drug-likeness (QED) is 0.566. The molecule has 0 spiro atoms. The number of rotatable bonds is 10. The van der Waals surface area contributed by atoms with E-state index in [1.54, 1.807) is 18.2 Å². The molecule has 1 aliphatic carbocycles. The number of ether oxygens (including phenoxy) is 2. The summed E-state index contributed by atoms with van der Waals surface area (Å²) in [5.41, 5.74) is 4.44.